The van der Waals surface area contributed by atoms with Crippen molar-refractivity contribution in [3.05, 3.63) is 94.8 Å². The van der Waals surface area contributed by atoms with Gasteiger partial charge in [0.25, 0.3) is 0 Å². The summed E-state index contributed by atoms with van der Waals surface area (Å²) in [6, 6.07) is 15.3. The molecule has 0 bridgehead atoms. The van der Waals surface area contributed by atoms with Gasteiger partial charge in [0, 0.05) is 18.5 Å². The maximum absolute atomic E-state index is 12.3. The molecule has 2 N–H and O–H groups in total. The largest absolute Gasteiger partial charge is 0.482 e. The van der Waals surface area contributed by atoms with Crippen LogP contribution in [0.25, 0.3) is 10.8 Å². The van der Waals surface area contributed by atoms with Gasteiger partial charge in [-0.2, -0.15) is 0 Å². The molecule has 7 nitrogen and oxygen atoms in total. The number of nitrogens with zero attached hydrogens (tertiary/aromatic N) is 1. The molecule has 0 aliphatic rings. The first-order valence-electron chi connectivity index (χ1n) is 8.79. The molecule has 0 amide bonds. The topological polar surface area (TPSA) is 105 Å². The first-order valence-corrected chi connectivity index (χ1v) is 10.3. The molecule has 0 atom stereocenters. The van der Waals surface area contributed by atoms with Crippen molar-refractivity contribution in [3.8, 4) is 5.75 Å². The number of primary sulfonamides is 1. The number of benzene rings is 2. The Morgan fingerprint density at radius 2 is 1.66 bits per heavy atom. The highest BCUT2D eigenvalue weighted by Gasteiger charge is 2.09. The first kappa shape index (κ1) is 19.0. The smallest absolute Gasteiger partial charge is 0.238 e. The molecular weight excluding hydrogens is 392 g/mol. The summed E-state index contributed by atoms with van der Waals surface area (Å²) in [7, 11) is -3.74. The lowest BCUT2D eigenvalue weighted by molar-refractivity contribution is 0.289. The third-order valence-electron chi connectivity index (χ3n) is 4.44. The third kappa shape index (κ3) is 4.39. The molecule has 0 radical (unpaired) electrons. The Morgan fingerprint density at radius 1 is 1.00 bits per heavy atom. The molecule has 0 saturated heterocycles. The van der Waals surface area contributed by atoms with Gasteiger partial charge in [0.1, 0.15) is 18.6 Å². The van der Waals surface area contributed by atoms with Crippen LogP contribution < -0.4 is 15.3 Å². The Labute approximate surface area is 167 Å². The van der Waals surface area contributed by atoms with Crippen molar-refractivity contribution in [2.45, 2.75) is 18.0 Å². The minimum absolute atomic E-state index is 0.0165. The van der Waals surface area contributed by atoms with Gasteiger partial charge in [-0.25, -0.2) is 13.6 Å². The van der Waals surface area contributed by atoms with E-state index in [9.17, 15) is 13.2 Å². The van der Waals surface area contributed by atoms with Gasteiger partial charge in [0.15, 0.2) is 0 Å². The number of aromatic nitrogens is 1. The lowest BCUT2D eigenvalue weighted by Gasteiger charge is -2.07. The number of fused-ring (bicyclic) bond motifs is 1. The van der Waals surface area contributed by atoms with Crippen LogP contribution in [0, 0.1) is 0 Å². The Morgan fingerprint density at radius 3 is 2.24 bits per heavy atom. The Balaban J connectivity index is 1.44. The van der Waals surface area contributed by atoms with Gasteiger partial charge >= 0.3 is 0 Å². The van der Waals surface area contributed by atoms with E-state index in [0.29, 0.717) is 17.9 Å². The molecule has 2 aromatic carbocycles. The Kier molecular flexibility index (Phi) is 4.96. The molecule has 2 aromatic heterocycles. The van der Waals surface area contributed by atoms with E-state index >= 15 is 0 Å². The van der Waals surface area contributed by atoms with Crippen LogP contribution in [0.4, 0.5) is 0 Å². The van der Waals surface area contributed by atoms with Crippen molar-refractivity contribution in [2.24, 2.45) is 5.14 Å². The van der Waals surface area contributed by atoms with Gasteiger partial charge in [-0.1, -0.05) is 36.4 Å². The second kappa shape index (κ2) is 7.57. The number of hydrogen-bond donors (Lipinski definition) is 1. The second-order valence-electron chi connectivity index (χ2n) is 6.61. The van der Waals surface area contributed by atoms with Gasteiger partial charge in [-0.05, 0) is 28.5 Å². The van der Waals surface area contributed by atoms with E-state index in [-0.39, 0.29) is 22.7 Å². The highest BCUT2D eigenvalue weighted by molar-refractivity contribution is 7.89. The monoisotopic (exact) mass is 410 g/mol. The van der Waals surface area contributed by atoms with E-state index in [4.69, 9.17) is 14.3 Å². The average Bonchev–Trinajstić information content (AvgIpc) is 3.09. The lowest BCUT2D eigenvalue weighted by Crippen LogP contribution is -2.12. The molecule has 0 saturated carbocycles. The van der Waals surface area contributed by atoms with Crippen molar-refractivity contribution >= 4 is 20.8 Å². The standard InChI is InChI=1S/C21H18N2O5S/c22-29(25,26)19-7-5-15(6-8-19)13-28-21-14-27-18(9-20(21)24)12-23-10-16-3-1-2-4-17(16)11-23/h1-11,14H,12-13H2,(H2,22,25,26). The molecule has 0 unspecified atom stereocenters. The van der Waals surface area contributed by atoms with Crippen LogP contribution in [0.15, 0.2) is 87.4 Å². The summed E-state index contributed by atoms with van der Waals surface area (Å²) >= 11 is 0. The van der Waals surface area contributed by atoms with Crippen LogP contribution in [-0.4, -0.2) is 13.0 Å². The molecule has 4 aromatic rings. The molecule has 0 aliphatic carbocycles. The van der Waals surface area contributed by atoms with Crippen LogP contribution in [0.5, 0.6) is 5.75 Å². The fourth-order valence-corrected chi connectivity index (χ4v) is 3.49. The Hall–Kier alpha value is -3.36. The van der Waals surface area contributed by atoms with E-state index < -0.39 is 10.0 Å². The number of nitrogens with two attached hydrogens (primary N) is 1. The molecule has 148 valence electrons. The summed E-state index contributed by atoms with van der Waals surface area (Å²) in [5.74, 6) is 0.599. The molecule has 0 fully saturated rings. The normalized spacial score (nSPS) is 11.6. The minimum Gasteiger partial charge on any atom is -0.482 e. The van der Waals surface area contributed by atoms with Crippen LogP contribution in [0.3, 0.4) is 0 Å². The third-order valence-corrected chi connectivity index (χ3v) is 5.37. The first-order chi connectivity index (χ1) is 13.9. The van der Waals surface area contributed by atoms with Crippen molar-refractivity contribution in [1.82, 2.24) is 4.57 Å². The highest BCUT2D eigenvalue weighted by Crippen LogP contribution is 2.17. The maximum Gasteiger partial charge on any atom is 0.238 e. The molecule has 0 aliphatic heterocycles. The van der Waals surface area contributed by atoms with Crippen LogP contribution in [0.2, 0.25) is 0 Å². The van der Waals surface area contributed by atoms with Gasteiger partial charge < -0.3 is 13.7 Å². The predicted octanol–water partition coefficient (Wildman–Crippen LogP) is 2.87. The summed E-state index contributed by atoms with van der Waals surface area (Å²) in [6.45, 7) is 0.525. The zero-order valence-corrected chi connectivity index (χ0v) is 16.1. The number of hydrogen-bond acceptors (Lipinski definition) is 5. The minimum atomic E-state index is -3.74. The number of ether oxygens (including phenoxy) is 1. The van der Waals surface area contributed by atoms with Crippen molar-refractivity contribution in [3.63, 3.8) is 0 Å². The summed E-state index contributed by atoms with van der Waals surface area (Å²) in [4.78, 5) is 12.3. The molecule has 8 heteroatoms. The van der Waals surface area contributed by atoms with Gasteiger partial charge in [0.05, 0.1) is 11.4 Å². The molecule has 0 spiro atoms. The second-order valence-corrected chi connectivity index (χ2v) is 8.17. The van der Waals surface area contributed by atoms with Gasteiger partial charge in [0.2, 0.25) is 21.2 Å². The fraction of sp³-hybridized carbons (Fsp3) is 0.0952. The average molecular weight is 410 g/mol. The number of rotatable bonds is 6. The zero-order chi connectivity index (χ0) is 20.4. The van der Waals surface area contributed by atoms with Crippen LogP contribution in [0.1, 0.15) is 11.3 Å². The molecular formula is C21H18N2O5S. The lowest BCUT2D eigenvalue weighted by atomic mass is 10.2. The predicted molar refractivity (Wildman–Crippen MR) is 108 cm³/mol. The zero-order valence-electron chi connectivity index (χ0n) is 15.3. The summed E-state index contributed by atoms with van der Waals surface area (Å²) in [6.07, 6.45) is 5.27. The van der Waals surface area contributed by atoms with E-state index in [2.05, 4.69) is 0 Å². The van der Waals surface area contributed by atoms with Crippen LogP contribution in [-0.2, 0) is 23.2 Å². The summed E-state index contributed by atoms with van der Waals surface area (Å²) in [5, 5.41) is 7.30. The van der Waals surface area contributed by atoms with Crippen LogP contribution >= 0.6 is 0 Å². The number of sulfonamides is 1. The Bertz CT molecular complexity index is 1290. The fourth-order valence-electron chi connectivity index (χ4n) is 2.97. The van der Waals surface area contributed by atoms with Gasteiger partial charge in [-0.15, -0.1) is 0 Å². The summed E-state index contributed by atoms with van der Waals surface area (Å²) in [5.41, 5.74) is 0.407. The SMILES string of the molecule is NS(=O)(=O)c1ccc(COc2coc(Cn3cc4ccccc4c3)cc2=O)cc1. The van der Waals surface area contributed by atoms with Crippen molar-refractivity contribution in [1.29, 1.82) is 0 Å². The van der Waals surface area contributed by atoms with E-state index in [0.717, 1.165) is 10.8 Å². The van der Waals surface area contributed by atoms with E-state index in [1.165, 1.54) is 24.5 Å². The molecule has 29 heavy (non-hydrogen) atoms. The van der Waals surface area contributed by atoms with E-state index in [1.54, 1.807) is 12.1 Å². The molecule has 4 rings (SSSR count). The van der Waals surface area contributed by atoms with E-state index in [1.807, 2.05) is 41.2 Å². The van der Waals surface area contributed by atoms with Gasteiger partial charge in [-0.3, -0.25) is 4.79 Å². The summed E-state index contributed by atoms with van der Waals surface area (Å²) < 4.78 is 35.6. The van der Waals surface area contributed by atoms with Crippen molar-refractivity contribution in [2.75, 3.05) is 0 Å². The highest BCUT2D eigenvalue weighted by atomic mass is 32.2. The maximum atomic E-state index is 12.3. The quantitative estimate of drug-likeness (QED) is 0.526. The van der Waals surface area contributed by atoms with Crippen molar-refractivity contribution < 1.29 is 17.6 Å². The molecule has 2 heterocycles.